The number of nitrogens with one attached hydrogen (secondary N) is 1. The van der Waals surface area contributed by atoms with Crippen LogP contribution in [0.4, 0.5) is 4.39 Å². The van der Waals surface area contributed by atoms with E-state index in [-0.39, 0.29) is 5.82 Å². The van der Waals surface area contributed by atoms with E-state index in [2.05, 4.69) is 5.32 Å². The van der Waals surface area contributed by atoms with Gasteiger partial charge in [-0.05, 0) is 31.0 Å². The van der Waals surface area contributed by atoms with Crippen molar-refractivity contribution in [2.24, 2.45) is 0 Å². The van der Waals surface area contributed by atoms with Gasteiger partial charge in [0.15, 0.2) is 0 Å². The van der Waals surface area contributed by atoms with Crippen LogP contribution in [0.3, 0.4) is 0 Å². The van der Waals surface area contributed by atoms with Crippen molar-refractivity contribution < 1.29 is 9.50 Å². The molecule has 2 N–H and O–H groups in total. The van der Waals surface area contributed by atoms with E-state index in [9.17, 15) is 9.50 Å². The Kier molecular flexibility index (Phi) is 3.24. The minimum absolute atomic E-state index is 0.375. The summed E-state index contributed by atoms with van der Waals surface area (Å²) in [5, 5.41) is 13.4. The molecule has 2 nitrogen and oxygen atoms in total. The van der Waals surface area contributed by atoms with Gasteiger partial charge in [0.25, 0.3) is 0 Å². The Bertz CT molecular complexity index is 354. The van der Waals surface area contributed by atoms with Gasteiger partial charge in [-0.1, -0.05) is 11.6 Å². The van der Waals surface area contributed by atoms with Crippen LogP contribution in [0.2, 0.25) is 5.02 Å². The highest BCUT2D eigenvalue weighted by Crippen LogP contribution is 2.25. The van der Waals surface area contributed by atoms with Gasteiger partial charge in [-0.15, -0.1) is 0 Å². The van der Waals surface area contributed by atoms with Gasteiger partial charge in [-0.2, -0.15) is 0 Å². The lowest BCUT2D eigenvalue weighted by atomic mass is 10.1. The molecule has 1 aromatic carbocycles. The molecule has 82 valence electrons. The molecule has 0 radical (unpaired) electrons. The predicted molar refractivity (Wildman–Crippen MR) is 57.4 cm³/mol. The second kappa shape index (κ2) is 4.47. The fourth-order valence-corrected chi connectivity index (χ4v) is 1.69. The molecular weight excluding hydrogens is 217 g/mol. The van der Waals surface area contributed by atoms with E-state index in [0.717, 1.165) is 12.8 Å². The maximum atomic E-state index is 12.9. The molecule has 0 amide bonds. The molecule has 4 heteroatoms. The molecule has 1 aliphatic rings. The minimum atomic E-state index is -0.742. The third-order valence-corrected chi connectivity index (χ3v) is 2.84. The van der Waals surface area contributed by atoms with Crippen LogP contribution in [0.5, 0.6) is 0 Å². The fourth-order valence-electron chi connectivity index (χ4n) is 1.45. The minimum Gasteiger partial charge on any atom is -0.387 e. The van der Waals surface area contributed by atoms with Crippen LogP contribution in [0.1, 0.15) is 24.5 Å². The largest absolute Gasteiger partial charge is 0.387 e. The van der Waals surface area contributed by atoms with Crippen molar-refractivity contribution in [1.82, 2.24) is 5.32 Å². The van der Waals surface area contributed by atoms with Crippen LogP contribution >= 0.6 is 11.6 Å². The molecule has 0 saturated heterocycles. The van der Waals surface area contributed by atoms with E-state index in [1.54, 1.807) is 0 Å². The topological polar surface area (TPSA) is 32.3 Å². The van der Waals surface area contributed by atoms with E-state index in [0.29, 0.717) is 23.2 Å². The Morgan fingerprint density at radius 2 is 2.27 bits per heavy atom. The monoisotopic (exact) mass is 229 g/mol. The van der Waals surface area contributed by atoms with E-state index < -0.39 is 6.10 Å². The molecule has 0 aliphatic heterocycles. The van der Waals surface area contributed by atoms with Gasteiger partial charge < -0.3 is 10.4 Å². The Balaban J connectivity index is 2.02. The van der Waals surface area contributed by atoms with Crippen LogP contribution in [0.25, 0.3) is 0 Å². The summed E-state index contributed by atoms with van der Waals surface area (Å²) in [6, 6.07) is 4.55. The highest BCUT2D eigenvalue weighted by Gasteiger charge is 2.22. The maximum Gasteiger partial charge on any atom is 0.123 e. The van der Waals surface area contributed by atoms with Gasteiger partial charge in [0.05, 0.1) is 6.10 Å². The molecule has 1 aliphatic carbocycles. The number of aliphatic hydroxyl groups is 1. The molecule has 15 heavy (non-hydrogen) atoms. The summed E-state index contributed by atoms with van der Waals surface area (Å²) in [5.74, 6) is -0.375. The molecule has 2 rings (SSSR count). The Morgan fingerprint density at radius 3 is 2.93 bits per heavy atom. The zero-order valence-corrected chi connectivity index (χ0v) is 8.97. The third-order valence-electron chi connectivity index (χ3n) is 2.49. The predicted octanol–water partition coefficient (Wildman–Crippen LogP) is 2.26. The second-order valence-corrected chi connectivity index (χ2v) is 4.27. The fraction of sp³-hybridized carbons (Fsp3) is 0.455. The summed E-state index contributed by atoms with van der Waals surface area (Å²) < 4.78 is 12.9. The molecule has 0 spiro atoms. The van der Waals surface area contributed by atoms with E-state index >= 15 is 0 Å². The summed E-state index contributed by atoms with van der Waals surface area (Å²) >= 11 is 5.87. The van der Waals surface area contributed by atoms with Gasteiger partial charge in [0.2, 0.25) is 0 Å². The quantitative estimate of drug-likeness (QED) is 0.830. The van der Waals surface area contributed by atoms with Crippen LogP contribution < -0.4 is 5.32 Å². The summed E-state index contributed by atoms with van der Waals surface area (Å²) in [5.41, 5.74) is 0.449. The molecule has 1 atom stereocenters. The SMILES string of the molecule is OC(CNC1CC1)c1cc(F)ccc1Cl. The Morgan fingerprint density at radius 1 is 1.53 bits per heavy atom. The first-order valence-corrected chi connectivity index (χ1v) is 5.41. The first kappa shape index (κ1) is 10.9. The Labute approximate surface area is 93.1 Å². The van der Waals surface area contributed by atoms with Gasteiger partial charge in [0.1, 0.15) is 5.82 Å². The molecule has 0 heterocycles. The van der Waals surface area contributed by atoms with Gasteiger partial charge in [-0.25, -0.2) is 4.39 Å². The lowest BCUT2D eigenvalue weighted by Crippen LogP contribution is -2.23. The molecule has 1 unspecified atom stereocenters. The average Bonchev–Trinajstić information content (AvgIpc) is 3.02. The highest BCUT2D eigenvalue weighted by molar-refractivity contribution is 6.31. The normalized spacial score (nSPS) is 17.8. The molecular formula is C11H13ClFNO. The third kappa shape index (κ3) is 2.91. The van der Waals surface area contributed by atoms with Crippen molar-refractivity contribution >= 4 is 11.6 Å². The first-order chi connectivity index (χ1) is 7.16. The number of hydrogen-bond acceptors (Lipinski definition) is 2. The van der Waals surface area contributed by atoms with Crippen molar-refractivity contribution in [3.05, 3.63) is 34.6 Å². The zero-order chi connectivity index (χ0) is 10.8. The lowest BCUT2D eigenvalue weighted by Gasteiger charge is -2.13. The van der Waals surface area contributed by atoms with Crippen molar-refractivity contribution in [3.8, 4) is 0 Å². The van der Waals surface area contributed by atoms with Crippen molar-refractivity contribution in [1.29, 1.82) is 0 Å². The van der Waals surface area contributed by atoms with Gasteiger partial charge in [-0.3, -0.25) is 0 Å². The smallest absolute Gasteiger partial charge is 0.123 e. The zero-order valence-electron chi connectivity index (χ0n) is 8.21. The van der Waals surface area contributed by atoms with Crippen molar-refractivity contribution in [3.63, 3.8) is 0 Å². The first-order valence-electron chi connectivity index (χ1n) is 5.03. The molecule has 1 saturated carbocycles. The molecule has 0 bridgehead atoms. The van der Waals surface area contributed by atoms with Gasteiger partial charge >= 0.3 is 0 Å². The van der Waals surface area contributed by atoms with Crippen molar-refractivity contribution in [2.75, 3.05) is 6.54 Å². The molecule has 1 aromatic rings. The van der Waals surface area contributed by atoms with Crippen LogP contribution in [-0.4, -0.2) is 17.7 Å². The van der Waals surface area contributed by atoms with Crippen LogP contribution in [0, 0.1) is 5.82 Å². The maximum absolute atomic E-state index is 12.9. The van der Waals surface area contributed by atoms with E-state index in [1.165, 1.54) is 18.2 Å². The van der Waals surface area contributed by atoms with E-state index in [1.807, 2.05) is 0 Å². The van der Waals surface area contributed by atoms with E-state index in [4.69, 9.17) is 11.6 Å². The van der Waals surface area contributed by atoms with Crippen LogP contribution in [0.15, 0.2) is 18.2 Å². The summed E-state index contributed by atoms with van der Waals surface area (Å²) in [4.78, 5) is 0. The standard InChI is InChI=1S/C11H13ClFNO/c12-10-4-1-7(13)5-9(10)11(15)6-14-8-2-3-8/h1,4-5,8,11,14-15H,2-3,6H2. The number of rotatable bonds is 4. The van der Waals surface area contributed by atoms with Gasteiger partial charge in [0, 0.05) is 23.2 Å². The average molecular weight is 230 g/mol. The second-order valence-electron chi connectivity index (χ2n) is 3.86. The molecule has 0 aromatic heterocycles. The summed E-state index contributed by atoms with van der Waals surface area (Å²) in [6.45, 7) is 0.424. The van der Waals surface area contributed by atoms with Crippen LogP contribution in [-0.2, 0) is 0 Å². The number of aliphatic hydroxyl groups excluding tert-OH is 1. The number of benzene rings is 1. The summed E-state index contributed by atoms with van der Waals surface area (Å²) in [6.07, 6.45) is 1.57. The lowest BCUT2D eigenvalue weighted by molar-refractivity contribution is 0.174. The Hall–Kier alpha value is -0.640. The highest BCUT2D eigenvalue weighted by atomic mass is 35.5. The number of hydrogen-bond donors (Lipinski definition) is 2. The summed E-state index contributed by atoms with van der Waals surface area (Å²) in [7, 11) is 0. The molecule has 1 fully saturated rings. The van der Waals surface area contributed by atoms with Crippen molar-refractivity contribution in [2.45, 2.75) is 25.0 Å². The number of halogens is 2.